The van der Waals surface area contributed by atoms with Gasteiger partial charge in [-0.05, 0) is 60.9 Å². The summed E-state index contributed by atoms with van der Waals surface area (Å²) in [5.74, 6) is 0.123. The first-order chi connectivity index (χ1) is 15.4. The number of carbonyl (C=O) groups excluding carboxylic acids is 1. The summed E-state index contributed by atoms with van der Waals surface area (Å²) in [6.45, 7) is 0. The average Bonchev–Trinajstić information content (AvgIpc) is 3.22. The Morgan fingerprint density at radius 3 is 2.53 bits per heavy atom. The van der Waals surface area contributed by atoms with Gasteiger partial charge in [0.1, 0.15) is 5.75 Å². The number of hydrogen-bond acceptors (Lipinski definition) is 7. The molecule has 0 radical (unpaired) electrons. The molecule has 0 spiro atoms. The second-order valence-electron chi connectivity index (χ2n) is 6.65. The lowest BCUT2D eigenvalue weighted by molar-refractivity contribution is 0.102. The van der Waals surface area contributed by atoms with Crippen LogP contribution in [0.1, 0.15) is 10.4 Å². The Labute approximate surface area is 193 Å². The molecule has 2 N–H and O–H groups in total. The molecule has 0 bridgehead atoms. The van der Waals surface area contributed by atoms with Crippen molar-refractivity contribution in [2.24, 2.45) is 0 Å². The van der Waals surface area contributed by atoms with Gasteiger partial charge in [0.15, 0.2) is 4.34 Å². The number of carbonyl (C=O) groups is 1. The van der Waals surface area contributed by atoms with Crippen molar-refractivity contribution in [3.63, 3.8) is 0 Å². The maximum atomic E-state index is 13.0. The lowest BCUT2D eigenvalue weighted by atomic mass is 10.1. The van der Waals surface area contributed by atoms with Crippen LogP contribution < -0.4 is 14.8 Å². The van der Waals surface area contributed by atoms with Crippen LogP contribution in [-0.2, 0) is 10.0 Å². The van der Waals surface area contributed by atoms with Crippen LogP contribution in [0.15, 0.2) is 76.0 Å². The molecule has 0 aliphatic carbocycles. The second-order valence-corrected chi connectivity index (χ2v) is 10.4. The van der Waals surface area contributed by atoms with Crippen molar-refractivity contribution < 1.29 is 17.9 Å². The van der Waals surface area contributed by atoms with Crippen LogP contribution in [0, 0.1) is 0 Å². The monoisotopic (exact) mass is 485 g/mol. The zero-order valence-electron chi connectivity index (χ0n) is 17.2. The molecule has 1 aromatic heterocycles. The molecule has 1 amide bonds. The number of benzene rings is 3. The fraction of sp³-hybridized carbons (Fsp3) is 0.0909. The molecule has 10 heteroatoms. The first kappa shape index (κ1) is 22.1. The van der Waals surface area contributed by atoms with Crippen molar-refractivity contribution in [1.29, 1.82) is 0 Å². The highest BCUT2D eigenvalue weighted by molar-refractivity contribution is 8.00. The van der Waals surface area contributed by atoms with Gasteiger partial charge in [-0.1, -0.05) is 23.9 Å². The van der Waals surface area contributed by atoms with Crippen molar-refractivity contribution in [2.75, 3.05) is 23.4 Å². The number of para-hydroxylation sites is 1. The van der Waals surface area contributed by atoms with E-state index in [4.69, 9.17) is 4.74 Å². The lowest BCUT2D eigenvalue weighted by Crippen LogP contribution is -2.18. The first-order valence-electron chi connectivity index (χ1n) is 9.41. The first-order valence-corrected chi connectivity index (χ1v) is 12.9. The third-order valence-electron chi connectivity index (χ3n) is 4.59. The number of hydrogen-bond donors (Lipinski definition) is 2. The van der Waals surface area contributed by atoms with Gasteiger partial charge in [0.2, 0.25) is 0 Å². The molecule has 4 aromatic rings. The number of aromatic nitrogens is 1. The quantitative estimate of drug-likeness (QED) is 0.354. The predicted molar refractivity (Wildman–Crippen MR) is 130 cm³/mol. The molecule has 4 rings (SSSR count). The summed E-state index contributed by atoms with van der Waals surface area (Å²) in [5, 5.41) is 2.84. The number of nitrogens with one attached hydrogen (secondary N) is 2. The maximum absolute atomic E-state index is 13.0. The molecular weight excluding hydrogens is 466 g/mol. The van der Waals surface area contributed by atoms with E-state index in [2.05, 4.69) is 15.0 Å². The van der Waals surface area contributed by atoms with Crippen LogP contribution in [0.3, 0.4) is 0 Å². The van der Waals surface area contributed by atoms with E-state index in [9.17, 15) is 13.2 Å². The van der Waals surface area contributed by atoms with Gasteiger partial charge in [-0.15, -0.1) is 11.3 Å². The Morgan fingerprint density at radius 1 is 1.06 bits per heavy atom. The molecule has 0 saturated carbocycles. The maximum Gasteiger partial charge on any atom is 0.261 e. The fourth-order valence-electron chi connectivity index (χ4n) is 3.00. The van der Waals surface area contributed by atoms with Gasteiger partial charge in [-0.3, -0.25) is 9.52 Å². The molecule has 0 atom stereocenters. The normalized spacial score (nSPS) is 11.3. The standard InChI is InChI=1S/C22H19N3O4S3/c1-29-15-8-10-16(11-9-15)32(27,28)25-18-6-4-3-5-17(18)21(26)23-14-7-12-19-20(13-14)31-22(24-19)30-2/h3-13,25H,1-2H3,(H,23,26). The Morgan fingerprint density at radius 2 is 1.81 bits per heavy atom. The smallest absolute Gasteiger partial charge is 0.261 e. The minimum absolute atomic E-state index is 0.0637. The summed E-state index contributed by atoms with van der Waals surface area (Å²) in [4.78, 5) is 17.5. The highest BCUT2D eigenvalue weighted by Gasteiger charge is 2.19. The number of anilines is 2. The summed E-state index contributed by atoms with van der Waals surface area (Å²) in [7, 11) is -2.39. The van der Waals surface area contributed by atoms with Gasteiger partial charge in [0.25, 0.3) is 15.9 Å². The number of thiazole rings is 1. The van der Waals surface area contributed by atoms with Crippen LogP contribution in [0.5, 0.6) is 5.75 Å². The number of sulfonamides is 1. The summed E-state index contributed by atoms with van der Waals surface area (Å²) in [6.07, 6.45) is 1.96. The van der Waals surface area contributed by atoms with Crippen LogP contribution in [-0.4, -0.2) is 32.7 Å². The Balaban J connectivity index is 1.57. The second kappa shape index (κ2) is 9.19. The summed E-state index contributed by atoms with van der Waals surface area (Å²) >= 11 is 3.11. The van der Waals surface area contributed by atoms with Crippen LogP contribution in [0.2, 0.25) is 0 Å². The molecule has 3 aromatic carbocycles. The number of thioether (sulfide) groups is 1. The molecule has 164 valence electrons. The van der Waals surface area contributed by atoms with Crippen LogP contribution in [0.25, 0.3) is 10.2 Å². The number of nitrogens with zero attached hydrogens (tertiary/aromatic N) is 1. The van der Waals surface area contributed by atoms with Crippen molar-refractivity contribution in [3.05, 3.63) is 72.3 Å². The van der Waals surface area contributed by atoms with Gasteiger partial charge in [0, 0.05) is 5.69 Å². The van der Waals surface area contributed by atoms with E-state index in [-0.39, 0.29) is 16.1 Å². The number of fused-ring (bicyclic) bond motifs is 1. The Kier molecular flexibility index (Phi) is 6.35. The SMILES string of the molecule is COc1ccc(S(=O)(=O)Nc2ccccc2C(=O)Nc2ccc3nc(SC)sc3c2)cc1. The Bertz CT molecular complexity index is 1380. The van der Waals surface area contributed by atoms with E-state index >= 15 is 0 Å². The molecule has 0 saturated heterocycles. The molecular formula is C22H19N3O4S3. The molecule has 0 aliphatic rings. The van der Waals surface area contributed by atoms with E-state index in [1.54, 1.807) is 65.6 Å². The summed E-state index contributed by atoms with van der Waals surface area (Å²) in [6, 6.07) is 17.9. The number of rotatable bonds is 7. The molecule has 1 heterocycles. The highest BCUT2D eigenvalue weighted by Crippen LogP contribution is 2.30. The topological polar surface area (TPSA) is 97.4 Å². The van der Waals surface area contributed by atoms with E-state index in [1.165, 1.54) is 19.2 Å². The lowest BCUT2D eigenvalue weighted by Gasteiger charge is -2.13. The van der Waals surface area contributed by atoms with Crippen molar-refractivity contribution >= 4 is 60.6 Å². The van der Waals surface area contributed by atoms with Crippen molar-refractivity contribution in [1.82, 2.24) is 4.98 Å². The number of ether oxygens (including phenoxy) is 1. The van der Waals surface area contributed by atoms with Gasteiger partial charge >= 0.3 is 0 Å². The van der Waals surface area contributed by atoms with Crippen molar-refractivity contribution in [3.8, 4) is 5.75 Å². The fourth-order valence-corrected chi connectivity index (χ4v) is 5.60. The van der Waals surface area contributed by atoms with Crippen molar-refractivity contribution in [2.45, 2.75) is 9.24 Å². The number of amides is 1. The van der Waals surface area contributed by atoms with Crippen LogP contribution >= 0.6 is 23.1 Å². The zero-order valence-corrected chi connectivity index (χ0v) is 19.6. The van der Waals surface area contributed by atoms with Gasteiger partial charge in [-0.25, -0.2) is 13.4 Å². The molecule has 0 unspecified atom stereocenters. The largest absolute Gasteiger partial charge is 0.497 e. The van der Waals surface area contributed by atoms with E-state index in [0.29, 0.717) is 11.4 Å². The molecule has 32 heavy (non-hydrogen) atoms. The van der Waals surface area contributed by atoms with E-state index in [0.717, 1.165) is 14.6 Å². The zero-order chi connectivity index (χ0) is 22.7. The molecule has 0 aliphatic heterocycles. The molecule has 0 fully saturated rings. The third-order valence-corrected chi connectivity index (χ3v) is 7.97. The van der Waals surface area contributed by atoms with Gasteiger partial charge in [-0.2, -0.15) is 0 Å². The summed E-state index contributed by atoms with van der Waals surface area (Å²) in [5.41, 5.74) is 1.86. The predicted octanol–water partition coefficient (Wildman–Crippen LogP) is 5.08. The Hall–Kier alpha value is -3.08. The van der Waals surface area contributed by atoms with Gasteiger partial charge < -0.3 is 10.1 Å². The third kappa shape index (κ3) is 4.72. The van der Waals surface area contributed by atoms with E-state index < -0.39 is 15.9 Å². The van der Waals surface area contributed by atoms with E-state index in [1.807, 2.05) is 18.4 Å². The summed E-state index contributed by atoms with van der Waals surface area (Å²) < 4.78 is 35.1. The van der Waals surface area contributed by atoms with Gasteiger partial charge in [0.05, 0.1) is 33.5 Å². The number of methoxy groups -OCH3 is 1. The average molecular weight is 486 g/mol. The minimum Gasteiger partial charge on any atom is -0.497 e. The highest BCUT2D eigenvalue weighted by atomic mass is 32.2. The molecule has 7 nitrogen and oxygen atoms in total. The minimum atomic E-state index is -3.89. The van der Waals surface area contributed by atoms with Crippen LogP contribution in [0.4, 0.5) is 11.4 Å².